The molecular formula is C20H19N3O2S2. The van der Waals surface area contributed by atoms with Crippen molar-refractivity contribution < 1.29 is 9.59 Å². The van der Waals surface area contributed by atoms with Gasteiger partial charge in [0.1, 0.15) is 0 Å². The third-order valence-corrected chi connectivity index (χ3v) is 6.47. The lowest BCUT2D eigenvalue weighted by molar-refractivity contribution is -0.127. The Bertz CT molecular complexity index is 947. The fraction of sp³-hybridized carbons (Fsp3) is 0.250. The van der Waals surface area contributed by atoms with Crippen molar-refractivity contribution in [3.05, 3.63) is 54.1 Å². The number of carbonyl (C=O) groups excluding carboxylic acids is 2. The second-order valence-electron chi connectivity index (χ2n) is 6.31. The lowest BCUT2D eigenvalue weighted by Crippen LogP contribution is -2.29. The van der Waals surface area contributed by atoms with Gasteiger partial charge in [0.15, 0.2) is 5.13 Å². The molecular weight excluding hydrogens is 378 g/mol. The maximum Gasteiger partial charge on any atom is 0.258 e. The molecule has 2 amide bonds. The van der Waals surface area contributed by atoms with Crippen LogP contribution in [0.3, 0.4) is 0 Å². The molecule has 138 valence electrons. The van der Waals surface area contributed by atoms with Gasteiger partial charge in [0.05, 0.1) is 21.5 Å². The molecule has 3 aromatic rings. The molecule has 4 rings (SSSR count). The summed E-state index contributed by atoms with van der Waals surface area (Å²) in [6.45, 7) is 1.69. The summed E-state index contributed by atoms with van der Waals surface area (Å²) in [6, 6.07) is 15.2. The molecule has 1 N–H and O–H groups in total. The van der Waals surface area contributed by atoms with Gasteiger partial charge < -0.3 is 4.90 Å². The van der Waals surface area contributed by atoms with Crippen molar-refractivity contribution in [2.45, 2.75) is 17.7 Å². The van der Waals surface area contributed by atoms with Crippen LogP contribution in [0.15, 0.2) is 53.4 Å². The molecule has 0 radical (unpaired) electrons. The lowest BCUT2D eigenvalue weighted by Gasteiger charge is -2.15. The van der Waals surface area contributed by atoms with E-state index in [-0.39, 0.29) is 11.8 Å². The van der Waals surface area contributed by atoms with E-state index in [1.807, 2.05) is 47.4 Å². The van der Waals surface area contributed by atoms with E-state index in [2.05, 4.69) is 10.3 Å². The number of amides is 2. The molecule has 0 unspecified atom stereocenters. The van der Waals surface area contributed by atoms with Crippen molar-refractivity contribution in [1.29, 1.82) is 0 Å². The lowest BCUT2D eigenvalue weighted by atomic mass is 10.2. The first kappa shape index (κ1) is 18.0. The van der Waals surface area contributed by atoms with Crippen LogP contribution in [0.5, 0.6) is 0 Å². The van der Waals surface area contributed by atoms with Gasteiger partial charge in [0.2, 0.25) is 5.91 Å². The van der Waals surface area contributed by atoms with Crippen molar-refractivity contribution >= 4 is 50.3 Å². The highest BCUT2D eigenvalue weighted by molar-refractivity contribution is 8.00. The number of rotatable bonds is 5. The average molecular weight is 398 g/mol. The molecule has 1 fully saturated rings. The van der Waals surface area contributed by atoms with Gasteiger partial charge in [-0.3, -0.25) is 14.9 Å². The quantitative estimate of drug-likeness (QED) is 0.654. The molecule has 0 atom stereocenters. The molecule has 0 saturated carbocycles. The summed E-state index contributed by atoms with van der Waals surface area (Å²) >= 11 is 2.87. The van der Waals surface area contributed by atoms with E-state index >= 15 is 0 Å². The Balaban J connectivity index is 1.46. The minimum atomic E-state index is -0.203. The summed E-state index contributed by atoms with van der Waals surface area (Å²) in [5.41, 5.74) is 1.44. The molecule has 0 bridgehead atoms. The molecule has 1 aliphatic heterocycles. The van der Waals surface area contributed by atoms with Crippen LogP contribution in [0, 0.1) is 0 Å². The molecule has 1 saturated heterocycles. The molecule has 1 aromatic heterocycles. The number of carbonyl (C=O) groups is 2. The van der Waals surface area contributed by atoms with Crippen molar-refractivity contribution in [2.75, 3.05) is 24.2 Å². The molecule has 27 heavy (non-hydrogen) atoms. The van der Waals surface area contributed by atoms with Gasteiger partial charge in [-0.25, -0.2) is 4.98 Å². The highest BCUT2D eigenvalue weighted by Gasteiger charge is 2.19. The van der Waals surface area contributed by atoms with Crippen molar-refractivity contribution in [2.24, 2.45) is 0 Å². The number of likely N-dealkylation sites (tertiary alicyclic amines) is 1. The molecule has 2 heterocycles. The van der Waals surface area contributed by atoms with E-state index in [0.717, 1.165) is 41.0 Å². The Morgan fingerprint density at radius 1 is 1.07 bits per heavy atom. The van der Waals surface area contributed by atoms with Crippen LogP contribution in [0.1, 0.15) is 23.2 Å². The van der Waals surface area contributed by atoms with Crippen LogP contribution in [-0.4, -0.2) is 40.5 Å². The Kier molecular flexibility index (Phi) is 5.40. The second-order valence-corrected chi connectivity index (χ2v) is 8.36. The maximum atomic E-state index is 12.8. The zero-order valence-electron chi connectivity index (χ0n) is 14.7. The zero-order valence-corrected chi connectivity index (χ0v) is 16.3. The fourth-order valence-electron chi connectivity index (χ4n) is 3.07. The summed E-state index contributed by atoms with van der Waals surface area (Å²) < 4.78 is 1.03. The number of hydrogen-bond acceptors (Lipinski definition) is 5. The van der Waals surface area contributed by atoms with Gasteiger partial charge in [-0.05, 0) is 37.1 Å². The number of hydrogen-bond donors (Lipinski definition) is 1. The molecule has 1 aliphatic rings. The minimum Gasteiger partial charge on any atom is -0.342 e. The van der Waals surface area contributed by atoms with Gasteiger partial charge in [0, 0.05) is 18.0 Å². The van der Waals surface area contributed by atoms with E-state index in [0.29, 0.717) is 16.4 Å². The number of anilines is 1. The van der Waals surface area contributed by atoms with E-state index in [9.17, 15) is 9.59 Å². The molecule has 7 heteroatoms. The predicted octanol–water partition coefficient (Wildman–Crippen LogP) is 4.26. The third-order valence-electron chi connectivity index (χ3n) is 4.46. The number of thiazole rings is 1. The normalized spacial score (nSPS) is 13.9. The van der Waals surface area contributed by atoms with Crippen LogP contribution in [-0.2, 0) is 4.79 Å². The zero-order chi connectivity index (χ0) is 18.6. The van der Waals surface area contributed by atoms with Crippen LogP contribution in [0.2, 0.25) is 0 Å². The summed E-state index contributed by atoms with van der Waals surface area (Å²) in [5, 5.41) is 3.47. The number of benzene rings is 2. The monoisotopic (exact) mass is 397 g/mol. The maximum absolute atomic E-state index is 12.8. The number of aromatic nitrogens is 1. The summed E-state index contributed by atoms with van der Waals surface area (Å²) in [6.07, 6.45) is 2.16. The highest BCUT2D eigenvalue weighted by Crippen LogP contribution is 2.28. The van der Waals surface area contributed by atoms with Crippen LogP contribution in [0.25, 0.3) is 10.2 Å². The summed E-state index contributed by atoms with van der Waals surface area (Å²) in [7, 11) is 0. The third kappa shape index (κ3) is 4.14. The first-order chi connectivity index (χ1) is 13.2. The average Bonchev–Trinajstić information content (AvgIpc) is 3.35. The molecule has 0 aliphatic carbocycles. The Labute approximate surface area is 165 Å². The first-order valence-corrected chi connectivity index (χ1v) is 10.7. The van der Waals surface area contributed by atoms with Crippen molar-refractivity contribution in [3.8, 4) is 0 Å². The van der Waals surface area contributed by atoms with Crippen LogP contribution < -0.4 is 5.32 Å². The fourth-order valence-corrected chi connectivity index (χ4v) is 4.88. The predicted molar refractivity (Wildman–Crippen MR) is 111 cm³/mol. The molecule has 0 spiro atoms. The smallest absolute Gasteiger partial charge is 0.258 e. The second kappa shape index (κ2) is 8.10. The molecule has 5 nitrogen and oxygen atoms in total. The minimum absolute atomic E-state index is 0.138. The van der Waals surface area contributed by atoms with E-state index in [1.54, 1.807) is 6.07 Å². The molecule has 2 aromatic carbocycles. The van der Waals surface area contributed by atoms with Crippen molar-refractivity contribution in [1.82, 2.24) is 9.88 Å². The van der Waals surface area contributed by atoms with Gasteiger partial charge in [-0.1, -0.05) is 35.6 Å². The SMILES string of the molecule is O=C(Nc1nc2ccccc2s1)c1ccccc1SCC(=O)N1CCCC1. The highest BCUT2D eigenvalue weighted by atomic mass is 32.2. The van der Waals surface area contributed by atoms with Gasteiger partial charge in [0.25, 0.3) is 5.91 Å². The van der Waals surface area contributed by atoms with Gasteiger partial charge >= 0.3 is 0 Å². The number of nitrogens with one attached hydrogen (secondary N) is 1. The van der Waals surface area contributed by atoms with Crippen molar-refractivity contribution in [3.63, 3.8) is 0 Å². The van der Waals surface area contributed by atoms with E-state index in [4.69, 9.17) is 0 Å². The summed E-state index contributed by atoms with van der Waals surface area (Å²) in [4.78, 5) is 32.2. The number of nitrogens with zero attached hydrogens (tertiary/aromatic N) is 2. The standard InChI is InChI=1S/C20H19N3O2S2/c24-18(23-11-5-6-12-23)13-26-16-9-3-1-7-14(16)19(25)22-20-21-15-8-2-4-10-17(15)27-20/h1-4,7-10H,5-6,11-13H2,(H,21,22,25). The van der Waals surface area contributed by atoms with E-state index in [1.165, 1.54) is 23.1 Å². The Morgan fingerprint density at radius 2 is 1.81 bits per heavy atom. The largest absolute Gasteiger partial charge is 0.342 e. The Morgan fingerprint density at radius 3 is 2.63 bits per heavy atom. The topological polar surface area (TPSA) is 62.3 Å². The number of fused-ring (bicyclic) bond motifs is 1. The van der Waals surface area contributed by atoms with Gasteiger partial charge in [-0.2, -0.15) is 0 Å². The van der Waals surface area contributed by atoms with E-state index < -0.39 is 0 Å². The van der Waals surface area contributed by atoms with Crippen LogP contribution >= 0.6 is 23.1 Å². The Hall–Kier alpha value is -2.38. The number of para-hydroxylation sites is 1. The number of thioether (sulfide) groups is 1. The van der Waals surface area contributed by atoms with Gasteiger partial charge in [-0.15, -0.1) is 11.8 Å². The summed E-state index contributed by atoms with van der Waals surface area (Å²) in [5.74, 6) is 0.287. The van der Waals surface area contributed by atoms with Crippen LogP contribution in [0.4, 0.5) is 5.13 Å². The first-order valence-electron chi connectivity index (χ1n) is 8.87.